The Morgan fingerprint density at radius 3 is 2.41 bits per heavy atom. The molecule has 1 aliphatic rings. The molecule has 1 heterocycles. The molecule has 1 aliphatic heterocycles. The summed E-state index contributed by atoms with van der Waals surface area (Å²) in [6.45, 7) is 4.39. The maximum absolute atomic E-state index is 13.5. The summed E-state index contributed by atoms with van der Waals surface area (Å²) in [6, 6.07) is 22.3. The highest BCUT2D eigenvalue weighted by atomic mass is 35.5. The number of benzene rings is 3. The first-order valence-corrected chi connectivity index (χ1v) is 13.9. The number of carbonyl (C=O) groups excluding carboxylic acids is 1. The molecular formula is C29H35ClN2O6S. The predicted octanol–water partition coefficient (Wildman–Crippen LogP) is 4.43. The smallest absolute Gasteiger partial charge is 0.225 e. The minimum Gasteiger partial charge on any atom is -0.497 e. The van der Waals surface area contributed by atoms with Gasteiger partial charge in [0, 0.05) is 32.1 Å². The molecule has 10 heteroatoms. The molecule has 3 aromatic rings. The number of fused-ring (bicyclic) bond motifs is 1. The van der Waals surface area contributed by atoms with Crippen LogP contribution in [-0.4, -0.2) is 66.7 Å². The maximum Gasteiger partial charge on any atom is 0.225 e. The lowest BCUT2D eigenvalue weighted by molar-refractivity contribution is -0.116. The standard InChI is InChI=1S/C29H34N2O6S.ClH/c1-22(33)31-26-11-6-7-12-28(26)38(34)29(31)25-21-24(35-2)13-14-27(25)37-19-8-15-30(16-18-32)17-20-36-23-9-4-3-5-10-23;/h3-7,9-14,21,29,32H,8,15-20H2,1-2H3;1H. The van der Waals surface area contributed by atoms with Crippen molar-refractivity contribution in [3.05, 3.63) is 78.4 Å². The highest BCUT2D eigenvalue weighted by Gasteiger charge is 2.41. The molecule has 0 fully saturated rings. The second-order valence-corrected chi connectivity index (χ2v) is 10.3. The highest BCUT2D eigenvalue weighted by molar-refractivity contribution is 7.86. The van der Waals surface area contributed by atoms with Crippen LogP contribution in [-0.2, 0) is 15.6 Å². The van der Waals surface area contributed by atoms with Crippen molar-refractivity contribution in [1.82, 2.24) is 4.90 Å². The molecule has 0 aromatic heterocycles. The summed E-state index contributed by atoms with van der Waals surface area (Å²) in [6.07, 6.45) is 0.710. The number of para-hydroxylation sites is 2. The summed E-state index contributed by atoms with van der Waals surface area (Å²) in [5.74, 6) is 1.78. The first-order chi connectivity index (χ1) is 18.5. The molecule has 0 saturated carbocycles. The van der Waals surface area contributed by atoms with Crippen LogP contribution in [0.1, 0.15) is 24.3 Å². The zero-order chi connectivity index (χ0) is 26.9. The van der Waals surface area contributed by atoms with E-state index in [9.17, 15) is 14.1 Å². The van der Waals surface area contributed by atoms with Crippen LogP contribution in [0, 0.1) is 0 Å². The van der Waals surface area contributed by atoms with Crippen molar-refractivity contribution in [3.63, 3.8) is 0 Å². The number of amides is 1. The van der Waals surface area contributed by atoms with E-state index in [1.807, 2.05) is 48.5 Å². The number of rotatable bonds is 13. The van der Waals surface area contributed by atoms with Gasteiger partial charge in [0.25, 0.3) is 0 Å². The Balaban J connectivity index is 0.00000420. The lowest BCUT2D eigenvalue weighted by Gasteiger charge is -2.25. The van der Waals surface area contributed by atoms with Crippen molar-refractivity contribution >= 4 is 34.8 Å². The molecule has 210 valence electrons. The van der Waals surface area contributed by atoms with E-state index in [0.29, 0.717) is 66.9 Å². The Bertz CT molecular complexity index is 1250. The average molecular weight is 575 g/mol. The molecule has 39 heavy (non-hydrogen) atoms. The maximum atomic E-state index is 13.5. The van der Waals surface area contributed by atoms with E-state index in [0.717, 1.165) is 5.75 Å². The summed E-state index contributed by atoms with van der Waals surface area (Å²) in [5, 5.41) is 8.76. The molecule has 2 unspecified atom stereocenters. The Morgan fingerprint density at radius 2 is 1.69 bits per heavy atom. The molecular weight excluding hydrogens is 540 g/mol. The van der Waals surface area contributed by atoms with Crippen LogP contribution in [0.4, 0.5) is 5.69 Å². The van der Waals surface area contributed by atoms with Crippen molar-refractivity contribution in [2.75, 3.05) is 51.5 Å². The third-order valence-corrected chi connectivity index (χ3v) is 7.96. The lowest BCUT2D eigenvalue weighted by Crippen LogP contribution is -2.33. The minimum absolute atomic E-state index is 0. The van der Waals surface area contributed by atoms with Crippen molar-refractivity contribution in [2.45, 2.75) is 23.6 Å². The van der Waals surface area contributed by atoms with E-state index in [-0.39, 0.29) is 24.9 Å². The van der Waals surface area contributed by atoms with E-state index < -0.39 is 16.2 Å². The van der Waals surface area contributed by atoms with Gasteiger partial charge in [-0.2, -0.15) is 0 Å². The van der Waals surface area contributed by atoms with Gasteiger partial charge in [-0.3, -0.25) is 18.8 Å². The summed E-state index contributed by atoms with van der Waals surface area (Å²) in [5.41, 5.74) is 1.28. The number of nitrogens with zero attached hydrogens (tertiary/aromatic N) is 2. The highest BCUT2D eigenvalue weighted by Crippen LogP contribution is 2.46. The quantitative estimate of drug-likeness (QED) is 0.302. The molecule has 0 saturated heterocycles. The molecule has 1 amide bonds. The second-order valence-electron chi connectivity index (χ2n) is 8.84. The van der Waals surface area contributed by atoms with Gasteiger partial charge in [0.2, 0.25) is 5.91 Å². The van der Waals surface area contributed by atoms with E-state index in [4.69, 9.17) is 14.2 Å². The molecule has 0 bridgehead atoms. The molecule has 8 nitrogen and oxygen atoms in total. The molecule has 0 radical (unpaired) electrons. The number of hydrogen-bond acceptors (Lipinski definition) is 7. The summed E-state index contributed by atoms with van der Waals surface area (Å²) in [7, 11) is 0.0943. The number of aliphatic hydroxyl groups is 1. The Kier molecular flexibility index (Phi) is 11.6. The average Bonchev–Trinajstić information content (AvgIpc) is 3.24. The Morgan fingerprint density at radius 1 is 0.949 bits per heavy atom. The largest absolute Gasteiger partial charge is 0.497 e. The third kappa shape index (κ3) is 7.51. The normalized spacial score (nSPS) is 15.9. The van der Waals surface area contributed by atoms with Crippen molar-refractivity contribution in [1.29, 1.82) is 0 Å². The molecule has 3 aromatic carbocycles. The Labute approximate surface area is 238 Å². The van der Waals surface area contributed by atoms with Crippen molar-refractivity contribution < 1.29 is 28.3 Å². The summed E-state index contributed by atoms with van der Waals surface area (Å²) < 4.78 is 30.9. The lowest BCUT2D eigenvalue weighted by atomic mass is 10.1. The van der Waals surface area contributed by atoms with Gasteiger partial charge in [-0.25, -0.2) is 0 Å². The van der Waals surface area contributed by atoms with Crippen LogP contribution >= 0.6 is 12.4 Å². The fraction of sp³-hybridized carbons (Fsp3) is 0.345. The first-order valence-electron chi connectivity index (χ1n) is 12.6. The topological polar surface area (TPSA) is 88.5 Å². The first kappa shape index (κ1) is 30.4. The van der Waals surface area contributed by atoms with Crippen LogP contribution in [0.15, 0.2) is 77.7 Å². The third-order valence-electron chi connectivity index (χ3n) is 6.31. The van der Waals surface area contributed by atoms with E-state index in [2.05, 4.69) is 4.90 Å². The molecule has 0 spiro atoms. The van der Waals surface area contributed by atoms with Crippen molar-refractivity contribution in [2.24, 2.45) is 0 Å². The fourth-order valence-corrected chi connectivity index (χ4v) is 6.19. The zero-order valence-electron chi connectivity index (χ0n) is 22.2. The van der Waals surface area contributed by atoms with Gasteiger partial charge >= 0.3 is 0 Å². The van der Waals surface area contributed by atoms with E-state index >= 15 is 0 Å². The number of hydrogen-bond donors (Lipinski definition) is 1. The number of ether oxygens (including phenoxy) is 3. The summed E-state index contributed by atoms with van der Waals surface area (Å²) in [4.78, 5) is 17.0. The van der Waals surface area contributed by atoms with Gasteiger partial charge in [-0.05, 0) is 48.9 Å². The molecule has 2 atom stereocenters. The van der Waals surface area contributed by atoms with Crippen molar-refractivity contribution in [3.8, 4) is 17.2 Å². The van der Waals surface area contributed by atoms with Crippen LogP contribution in [0.25, 0.3) is 0 Å². The van der Waals surface area contributed by atoms with E-state index in [1.54, 1.807) is 36.3 Å². The van der Waals surface area contributed by atoms with E-state index in [1.165, 1.54) is 6.92 Å². The molecule has 4 rings (SSSR count). The zero-order valence-corrected chi connectivity index (χ0v) is 23.8. The van der Waals surface area contributed by atoms with Crippen LogP contribution < -0.4 is 19.1 Å². The second kappa shape index (κ2) is 14.9. The number of carbonyl (C=O) groups is 1. The molecule has 1 N–H and O–H groups in total. The fourth-order valence-electron chi connectivity index (χ4n) is 4.49. The predicted molar refractivity (Wildman–Crippen MR) is 155 cm³/mol. The van der Waals surface area contributed by atoms with Gasteiger partial charge in [0.05, 0.1) is 41.7 Å². The minimum atomic E-state index is -1.48. The number of halogens is 1. The Hall–Kier alpha value is -3.11. The summed E-state index contributed by atoms with van der Waals surface area (Å²) >= 11 is 0. The van der Waals surface area contributed by atoms with Crippen LogP contribution in [0.3, 0.4) is 0 Å². The van der Waals surface area contributed by atoms with Gasteiger partial charge in [0.1, 0.15) is 29.2 Å². The van der Waals surface area contributed by atoms with Gasteiger partial charge in [-0.1, -0.05) is 30.3 Å². The number of methoxy groups -OCH3 is 1. The van der Waals surface area contributed by atoms with Crippen LogP contribution in [0.5, 0.6) is 17.2 Å². The van der Waals surface area contributed by atoms with Gasteiger partial charge in [-0.15, -0.1) is 12.4 Å². The SMILES string of the molecule is COc1ccc(OCCCN(CCO)CCOc2ccccc2)c(C2N(C(C)=O)c3ccccc3S2=O)c1.Cl. The number of aliphatic hydroxyl groups excluding tert-OH is 1. The van der Waals surface area contributed by atoms with Gasteiger partial charge < -0.3 is 19.3 Å². The van der Waals surface area contributed by atoms with Crippen LogP contribution in [0.2, 0.25) is 0 Å². The monoisotopic (exact) mass is 574 g/mol. The molecule has 0 aliphatic carbocycles. The van der Waals surface area contributed by atoms with Gasteiger partial charge in [0.15, 0.2) is 0 Å². The number of anilines is 1.